The summed E-state index contributed by atoms with van der Waals surface area (Å²) in [4.78, 5) is 0. The number of nitrogens with zero attached hydrogens (tertiary/aromatic N) is 2. The molecule has 1 aromatic heterocycles. The van der Waals surface area contributed by atoms with Gasteiger partial charge in [-0.3, -0.25) is 4.68 Å². The number of thiocarbonyl (C=S) groups is 1. The Hall–Kier alpha value is -2.08. The second-order valence-electron chi connectivity index (χ2n) is 6.63. The highest BCUT2D eigenvalue weighted by Gasteiger charge is 2.18. The Morgan fingerprint density at radius 3 is 2.80 bits per heavy atom. The van der Waals surface area contributed by atoms with Crippen LogP contribution in [0.5, 0.6) is 5.75 Å². The number of nitrogens with one attached hydrogen (secondary N) is 2. The molecule has 6 heteroatoms. The van der Waals surface area contributed by atoms with E-state index in [9.17, 15) is 0 Å². The van der Waals surface area contributed by atoms with Crippen molar-refractivity contribution >= 4 is 23.0 Å². The number of hydrogen-bond donors (Lipinski definition) is 2. The highest BCUT2D eigenvalue weighted by atomic mass is 32.1. The van der Waals surface area contributed by atoms with Crippen molar-refractivity contribution in [1.29, 1.82) is 0 Å². The van der Waals surface area contributed by atoms with E-state index in [-0.39, 0.29) is 0 Å². The summed E-state index contributed by atoms with van der Waals surface area (Å²) in [6.07, 6.45) is 4.98. The van der Waals surface area contributed by atoms with Gasteiger partial charge in [-0.2, -0.15) is 5.10 Å². The molecule has 0 unspecified atom stereocenters. The molecule has 0 saturated heterocycles. The van der Waals surface area contributed by atoms with Crippen molar-refractivity contribution in [2.45, 2.75) is 52.1 Å². The smallest absolute Gasteiger partial charge is 0.171 e. The van der Waals surface area contributed by atoms with Crippen LogP contribution in [0, 0.1) is 13.8 Å². The largest absolute Gasteiger partial charge is 0.497 e. The monoisotopic (exact) mass is 358 g/mol. The maximum absolute atomic E-state index is 5.49. The van der Waals surface area contributed by atoms with Gasteiger partial charge in [0.25, 0.3) is 0 Å². The number of anilines is 1. The molecule has 0 spiro atoms. The Morgan fingerprint density at radius 1 is 1.32 bits per heavy atom. The van der Waals surface area contributed by atoms with Crippen LogP contribution in [-0.4, -0.2) is 28.0 Å². The summed E-state index contributed by atoms with van der Waals surface area (Å²) < 4.78 is 7.30. The molecule has 1 saturated carbocycles. The van der Waals surface area contributed by atoms with E-state index < -0.39 is 0 Å². The third kappa shape index (κ3) is 4.31. The molecule has 1 heterocycles. The Labute approximate surface area is 154 Å². The second kappa shape index (κ2) is 7.87. The molecule has 25 heavy (non-hydrogen) atoms. The Morgan fingerprint density at radius 2 is 2.08 bits per heavy atom. The molecule has 0 amide bonds. The van der Waals surface area contributed by atoms with E-state index in [1.54, 1.807) is 7.11 Å². The summed E-state index contributed by atoms with van der Waals surface area (Å²) in [5, 5.41) is 12.1. The van der Waals surface area contributed by atoms with E-state index in [0.717, 1.165) is 28.4 Å². The summed E-state index contributed by atoms with van der Waals surface area (Å²) in [6.45, 7) is 4.78. The van der Waals surface area contributed by atoms with Crippen LogP contribution in [0.25, 0.3) is 0 Å². The van der Waals surface area contributed by atoms with Gasteiger partial charge in [-0.25, -0.2) is 0 Å². The number of ether oxygens (including phenoxy) is 1. The summed E-state index contributed by atoms with van der Waals surface area (Å²) in [5.41, 5.74) is 4.19. The van der Waals surface area contributed by atoms with Crippen LogP contribution in [-0.2, 0) is 6.54 Å². The fourth-order valence-corrected chi connectivity index (χ4v) is 3.65. The zero-order chi connectivity index (χ0) is 17.8. The standard InChI is InChI=1S/C19H26N4OS/c1-13-18(21-19(25)20-16-8-4-5-9-16)14(2)23(22-13)12-15-7-6-10-17(11-15)24-3/h6-7,10-11,16H,4-5,8-9,12H2,1-3H3,(H2,20,21,25). The molecule has 1 aliphatic rings. The quantitative estimate of drug-likeness (QED) is 0.797. The number of benzene rings is 1. The number of hydrogen-bond acceptors (Lipinski definition) is 3. The average molecular weight is 359 g/mol. The van der Waals surface area contributed by atoms with E-state index in [0.29, 0.717) is 17.7 Å². The Bertz CT molecular complexity index is 750. The number of aryl methyl sites for hydroxylation is 1. The fourth-order valence-electron chi connectivity index (χ4n) is 3.38. The zero-order valence-corrected chi connectivity index (χ0v) is 15.9. The van der Waals surface area contributed by atoms with Crippen molar-refractivity contribution < 1.29 is 4.74 Å². The first-order chi connectivity index (χ1) is 12.1. The fraction of sp³-hybridized carbons (Fsp3) is 0.474. The van der Waals surface area contributed by atoms with Crippen molar-refractivity contribution in [3.8, 4) is 5.75 Å². The van der Waals surface area contributed by atoms with E-state index >= 15 is 0 Å². The number of rotatable bonds is 5. The molecule has 134 valence electrons. The van der Waals surface area contributed by atoms with E-state index in [2.05, 4.69) is 28.7 Å². The first-order valence-electron chi connectivity index (χ1n) is 8.81. The summed E-state index contributed by atoms with van der Waals surface area (Å²) in [7, 11) is 1.68. The van der Waals surface area contributed by atoms with Gasteiger partial charge in [-0.15, -0.1) is 0 Å². The van der Waals surface area contributed by atoms with Gasteiger partial charge >= 0.3 is 0 Å². The lowest BCUT2D eigenvalue weighted by atomic mass is 10.2. The van der Waals surface area contributed by atoms with Gasteiger partial charge in [0.15, 0.2) is 5.11 Å². The van der Waals surface area contributed by atoms with Crippen LogP contribution in [0.1, 0.15) is 42.6 Å². The molecule has 2 N–H and O–H groups in total. The Kier molecular flexibility index (Phi) is 5.58. The van der Waals surface area contributed by atoms with Crippen LogP contribution in [0.3, 0.4) is 0 Å². The SMILES string of the molecule is COc1cccc(Cn2nc(C)c(NC(=S)NC3CCCC3)c2C)c1. The topological polar surface area (TPSA) is 51.1 Å². The van der Waals surface area contributed by atoms with Crippen molar-refractivity contribution in [3.05, 3.63) is 41.2 Å². The summed E-state index contributed by atoms with van der Waals surface area (Å²) in [6, 6.07) is 8.58. The van der Waals surface area contributed by atoms with E-state index in [4.69, 9.17) is 17.0 Å². The molecule has 0 aliphatic heterocycles. The lowest BCUT2D eigenvalue weighted by Gasteiger charge is -2.16. The van der Waals surface area contributed by atoms with Gasteiger partial charge < -0.3 is 15.4 Å². The predicted molar refractivity (Wildman–Crippen MR) is 105 cm³/mol. The highest BCUT2D eigenvalue weighted by molar-refractivity contribution is 7.80. The molecule has 1 aliphatic carbocycles. The highest BCUT2D eigenvalue weighted by Crippen LogP contribution is 2.22. The molecule has 0 atom stereocenters. The minimum atomic E-state index is 0.507. The van der Waals surface area contributed by atoms with Gasteiger partial charge in [0.2, 0.25) is 0 Å². The zero-order valence-electron chi connectivity index (χ0n) is 15.1. The molecule has 1 aromatic carbocycles. The van der Waals surface area contributed by atoms with Crippen LogP contribution >= 0.6 is 12.2 Å². The van der Waals surface area contributed by atoms with E-state index in [1.165, 1.54) is 25.7 Å². The van der Waals surface area contributed by atoms with Crippen LogP contribution in [0.4, 0.5) is 5.69 Å². The maximum atomic E-state index is 5.49. The predicted octanol–water partition coefficient (Wildman–Crippen LogP) is 3.79. The molecular formula is C19H26N4OS. The van der Waals surface area contributed by atoms with Gasteiger partial charge in [0.05, 0.1) is 30.7 Å². The molecule has 3 rings (SSSR count). The first-order valence-corrected chi connectivity index (χ1v) is 9.22. The van der Waals surface area contributed by atoms with Crippen LogP contribution in [0.15, 0.2) is 24.3 Å². The van der Waals surface area contributed by atoms with Gasteiger partial charge in [-0.05, 0) is 56.6 Å². The van der Waals surface area contributed by atoms with Crippen molar-refractivity contribution in [2.24, 2.45) is 0 Å². The lowest BCUT2D eigenvalue weighted by molar-refractivity contribution is 0.414. The molecule has 2 aromatic rings. The second-order valence-corrected chi connectivity index (χ2v) is 7.04. The minimum Gasteiger partial charge on any atom is -0.497 e. The van der Waals surface area contributed by atoms with Gasteiger partial charge in [-0.1, -0.05) is 25.0 Å². The summed E-state index contributed by atoms with van der Waals surface area (Å²) in [5.74, 6) is 0.860. The molecule has 0 bridgehead atoms. The number of methoxy groups -OCH3 is 1. The molecular weight excluding hydrogens is 332 g/mol. The van der Waals surface area contributed by atoms with Crippen molar-refractivity contribution in [3.63, 3.8) is 0 Å². The molecule has 1 fully saturated rings. The normalized spacial score (nSPS) is 14.5. The average Bonchev–Trinajstić information content (AvgIpc) is 3.19. The van der Waals surface area contributed by atoms with Crippen LogP contribution in [0.2, 0.25) is 0 Å². The van der Waals surface area contributed by atoms with Crippen molar-refractivity contribution in [2.75, 3.05) is 12.4 Å². The molecule has 0 radical (unpaired) electrons. The Balaban J connectivity index is 1.70. The maximum Gasteiger partial charge on any atom is 0.171 e. The first kappa shape index (κ1) is 17.7. The van der Waals surface area contributed by atoms with Crippen molar-refractivity contribution in [1.82, 2.24) is 15.1 Å². The van der Waals surface area contributed by atoms with Crippen LogP contribution < -0.4 is 15.4 Å². The minimum absolute atomic E-state index is 0.507. The number of aromatic nitrogens is 2. The lowest BCUT2D eigenvalue weighted by Crippen LogP contribution is -2.36. The molecule has 5 nitrogen and oxygen atoms in total. The third-order valence-electron chi connectivity index (χ3n) is 4.78. The van der Waals surface area contributed by atoms with E-state index in [1.807, 2.05) is 29.8 Å². The summed E-state index contributed by atoms with van der Waals surface area (Å²) >= 11 is 5.49. The van der Waals surface area contributed by atoms with Gasteiger partial charge in [0, 0.05) is 6.04 Å². The third-order valence-corrected chi connectivity index (χ3v) is 5.00. The van der Waals surface area contributed by atoms with Gasteiger partial charge in [0.1, 0.15) is 5.75 Å².